The number of rotatable bonds is 3. The summed E-state index contributed by atoms with van der Waals surface area (Å²) in [7, 11) is 0. The number of para-hydroxylation sites is 2. The fourth-order valence-electron chi connectivity index (χ4n) is 2.89. The first-order valence-electron chi connectivity index (χ1n) is 7.76. The number of hydrogen-bond acceptors (Lipinski definition) is 6. The molecule has 3 aromatic rings. The van der Waals surface area contributed by atoms with Gasteiger partial charge >= 0.3 is 0 Å². The van der Waals surface area contributed by atoms with Crippen molar-refractivity contribution in [1.29, 1.82) is 0 Å². The van der Waals surface area contributed by atoms with Crippen molar-refractivity contribution in [3.63, 3.8) is 0 Å². The Balaban J connectivity index is 1.47. The van der Waals surface area contributed by atoms with Crippen LogP contribution < -0.4 is 4.90 Å². The molecule has 1 saturated heterocycles. The van der Waals surface area contributed by atoms with E-state index in [9.17, 15) is 0 Å². The highest BCUT2D eigenvalue weighted by molar-refractivity contribution is 5.74. The number of benzene rings is 1. The summed E-state index contributed by atoms with van der Waals surface area (Å²) in [6, 6.07) is 8.56. The smallest absolute Gasteiger partial charge is 0.298 e. The fourth-order valence-corrected chi connectivity index (χ4v) is 2.89. The average molecular weight is 298 g/mol. The van der Waals surface area contributed by atoms with Gasteiger partial charge in [0.05, 0.1) is 0 Å². The van der Waals surface area contributed by atoms with Gasteiger partial charge in [0.1, 0.15) is 5.52 Å². The van der Waals surface area contributed by atoms with E-state index in [1.165, 1.54) is 0 Å². The van der Waals surface area contributed by atoms with E-state index in [0.29, 0.717) is 11.9 Å². The Labute approximate surface area is 128 Å². The van der Waals surface area contributed by atoms with Crippen LogP contribution in [-0.4, -0.2) is 28.2 Å². The normalized spacial score (nSPS) is 16.5. The van der Waals surface area contributed by atoms with Crippen molar-refractivity contribution >= 4 is 17.1 Å². The predicted octanol–water partition coefficient (Wildman–Crippen LogP) is 3.16. The monoisotopic (exact) mass is 298 g/mol. The van der Waals surface area contributed by atoms with E-state index in [1.54, 1.807) is 0 Å². The van der Waals surface area contributed by atoms with Gasteiger partial charge in [0.25, 0.3) is 6.01 Å². The lowest BCUT2D eigenvalue weighted by Gasteiger charge is -2.28. The summed E-state index contributed by atoms with van der Waals surface area (Å²) in [6.07, 6.45) is 2.76. The molecule has 1 fully saturated rings. The van der Waals surface area contributed by atoms with E-state index in [1.807, 2.05) is 31.2 Å². The molecule has 0 radical (unpaired) electrons. The minimum absolute atomic E-state index is 0.341. The Morgan fingerprint density at radius 1 is 1.18 bits per heavy atom. The number of piperidine rings is 1. The average Bonchev–Trinajstić information content (AvgIpc) is 3.21. The Morgan fingerprint density at radius 2 is 2.00 bits per heavy atom. The summed E-state index contributed by atoms with van der Waals surface area (Å²) in [6.45, 7) is 3.81. The highest BCUT2D eigenvalue weighted by Gasteiger charge is 2.27. The lowest BCUT2D eigenvalue weighted by molar-refractivity contribution is 0.324. The number of anilines is 1. The summed E-state index contributed by atoms with van der Waals surface area (Å²) >= 11 is 0. The lowest BCUT2D eigenvalue weighted by Crippen LogP contribution is -2.33. The first-order valence-corrected chi connectivity index (χ1v) is 7.76. The van der Waals surface area contributed by atoms with E-state index in [2.05, 4.69) is 20.0 Å². The molecular formula is C16H18N4O2. The second-order valence-corrected chi connectivity index (χ2v) is 5.63. The van der Waals surface area contributed by atoms with Crippen molar-refractivity contribution in [1.82, 2.24) is 15.1 Å². The molecule has 0 bridgehead atoms. The molecule has 0 unspecified atom stereocenters. The molecule has 4 rings (SSSR count). The second kappa shape index (κ2) is 5.44. The van der Waals surface area contributed by atoms with Crippen LogP contribution in [0.5, 0.6) is 0 Å². The van der Waals surface area contributed by atoms with E-state index >= 15 is 0 Å². The van der Waals surface area contributed by atoms with Gasteiger partial charge in [0.15, 0.2) is 11.4 Å². The molecule has 2 aromatic heterocycles. The fraction of sp³-hybridized carbons (Fsp3) is 0.438. The highest BCUT2D eigenvalue weighted by atomic mass is 16.5. The van der Waals surface area contributed by atoms with Gasteiger partial charge in [-0.25, -0.2) is 0 Å². The molecule has 0 atom stereocenters. The molecule has 0 N–H and O–H groups in total. The molecule has 3 heterocycles. The van der Waals surface area contributed by atoms with Crippen LogP contribution in [0.25, 0.3) is 11.1 Å². The largest absolute Gasteiger partial charge is 0.423 e. The molecule has 1 aliphatic rings. The summed E-state index contributed by atoms with van der Waals surface area (Å²) < 4.78 is 11.2. The molecule has 22 heavy (non-hydrogen) atoms. The number of aryl methyl sites for hydroxylation is 1. The summed E-state index contributed by atoms with van der Waals surface area (Å²) in [5.41, 5.74) is 1.74. The molecular weight excluding hydrogens is 280 g/mol. The minimum atomic E-state index is 0.341. The van der Waals surface area contributed by atoms with Crippen LogP contribution in [0.15, 0.2) is 33.2 Å². The third kappa shape index (κ3) is 2.34. The van der Waals surface area contributed by atoms with Crippen molar-refractivity contribution in [3.8, 4) is 0 Å². The SMILES string of the molecule is CCc1noc(C2CCN(c3nc4ccccc4o3)CC2)n1. The van der Waals surface area contributed by atoms with E-state index in [4.69, 9.17) is 8.94 Å². The molecule has 0 saturated carbocycles. The number of hydrogen-bond donors (Lipinski definition) is 0. The molecule has 1 aromatic carbocycles. The molecule has 0 spiro atoms. The van der Waals surface area contributed by atoms with Gasteiger partial charge < -0.3 is 13.8 Å². The first-order chi connectivity index (χ1) is 10.8. The summed E-state index contributed by atoms with van der Waals surface area (Å²) in [5, 5.41) is 3.99. The van der Waals surface area contributed by atoms with Crippen molar-refractivity contribution in [2.45, 2.75) is 32.1 Å². The van der Waals surface area contributed by atoms with Gasteiger partial charge in [-0.3, -0.25) is 0 Å². The summed E-state index contributed by atoms with van der Waals surface area (Å²) in [5.74, 6) is 1.90. The van der Waals surface area contributed by atoms with E-state index in [0.717, 1.165) is 55.2 Å². The van der Waals surface area contributed by atoms with Crippen molar-refractivity contribution < 1.29 is 8.94 Å². The van der Waals surface area contributed by atoms with Gasteiger partial charge in [-0.1, -0.05) is 24.2 Å². The van der Waals surface area contributed by atoms with Crippen molar-refractivity contribution in [2.24, 2.45) is 0 Å². The van der Waals surface area contributed by atoms with Crippen LogP contribution in [-0.2, 0) is 6.42 Å². The zero-order valence-electron chi connectivity index (χ0n) is 12.5. The first kappa shape index (κ1) is 13.3. The molecule has 6 heteroatoms. The lowest BCUT2D eigenvalue weighted by atomic mass is 9.97. The van der Waals surface area contributed by atoms with Crippen LogP contribution in [0.4, 0.5) is 6.01 Å². The van der Waals surface area contributed by atoms with Crippen LogP contribution in [0.2, 0.25) is 0 Å². The molecule has 6 nitrogen and oxygen atoms in total. The zero-order chi connectivity index (χ0) is 14.9. The molecule has 114 valence electrons. The quantitative estimate of drug-likeness (QED) is 0.740. The standard InChI is InChI=1S/C16H18N4O2/c1-2-14-18-15(22-19-14)11-7-9-20(10-8-11)16-17-12-5-3-4-6-13(12)21-16/h3-6,11H,2,7-10H2,1H3. The van der Waals surface area contributed by atoms with Crippen LogP contribution >= 0.6 is 0 Å². The highest BCUT2D eigenvalue weighted by Crippen LogP contribution is 2.30. The molecule has 1 aliphatic heterocycles. The topological polar surface area (TPSA) is 68.2 Å². The van der Waals surface area contributed by atoms with Gasteiger partial charge in [-0.15, -0.1) is 0 Å². The van der Waals surface area contributed by atoms with Gasteiger partial charge in [0.2, 0.25) is 5.89 Å². The Kier molecular flexibility index (Phi) is 3.29. The van der Waals surface area contributed by atoms with E-state index in [-0.39, 0.29) is 0 Å². The second-order valence-electron chi connectivity index (χ2n) is 5.63. The van der Waals surface area contributed by atoms with Gasteiger partial charge in [-0.05, 0) is 25.0 Å². The number of aromatic nitrogens is 3. The zero-order valence-corrected chi connectivity index (χ0v) is 12.5. The molecule has 0 amide bonds. The predicted molar refractivity (Wildman–Crippen MR) is 81.9 cm³/mol. The summed E-state index contributed by atoms with van der Waals surface area (Å²) in [4.78, 5) is 11.2. The third-order valence-electron chi connectivity index (χ3n) is 4.20. The Bertz CT molecular complexity index is 738. The Hall–Kier alpha value is -2.37. The van der Waals surface area contributed by atoms with Crippen LogP contribution in [0, 0.1) is 0 Å². The number of fused-ring (bicyclic) bond motifs is 1. The third-order valence-corrected chi connectivity index (χ3v) is 4.20. The maximum Gasteiger partial charge on any atom is 0.298 e. The molecule has 0 aliphatic carbocycles. The van der Waals surface area contributed by atoms with Crippen LogP contribution in [0.1, 0.15) is 37.4 Å². The van der Waals surface area contributed by atoms with Crippen molar-refractivity contribution in [3.05, 3.63) is 36.0 Å². The van der Waals surface area contributed by atoms with E-state index < -0.39 is 0 Å². The maximum absolute atomic E-state index is 5.83. The van der Waals surface area contributed by atoms with Crippen molar-refractivity contribution in [2.75, 3.05) is 18.0 Å². The minimum Gasteiger partial charge on any atom is -0.423 e. The van der Waals surface area contributed by atoms with Gasteiger partial charge in [0, 0.05) is 25.4 Å². The van der Waals surface area contributed by atoms with Gasteiger partial charge in [-0.2, -0.15) is 9.97 Å². The number of nitrogens with zero attached hydrogens (tertiary/aromatic N) is 4. The van der Waals surface area contributed by atoms with Crippen LogP contribution in [0.3, 0.4) is 0 Å². The maximum atomic E-state index is 5.83. The Morgan fingerprint density at radius 3 is 2.73 bits per heavy atom. The number of oxazole rings is 1.